The Morgan fingerprint density at radius 3 is 1.71 bits per heavy atom. The molecule has 0 fully saturated rings. The minimum atomic E-state index is -1.58. The average Bonchev–Trinajstić information content (AvgIpc) is 2.59. The van der Waals surface area contributed by atoms with E-state index in [9.17, 15) is 17.6 Å². The summed E-state index contributed by atoms with van der Waals surface area (Å²) in [4.78, 5) is 0. The second-order valence-electron chi connectivity index (χ2n) is 5.24. The van der Waals surface area contributed by atoms with Crippen LogP contribution < -0.4 is 0 Å². The summed E-state index contributed by atoms with van der Waals surface area (Å²) in [5.74, 6) is -4.95. The summed E-state index contributed by atoms with van der Waals surface area (Å²) in [6.07, 6.45) is 1.45. The van der Waals surface area contributed by atoms with Crippen molar-refractivity contribution in [1.29, 1.82) is 0 Å². The SMILES string of the molecule is [CH]=Cc1ccc(-c2ccc(-c3cc(F)c(F)c(F)c3)c(F)c2)cc1. The minimum absolute atomic E-state index is 0.0107. The van der Waals surface area contributed by atoms with Crippen LogP contribution >= 0.6 is 0 Å². The molecule has 0 saturated heterocycles. The van der Waals surface area contributed by atoms with Crippen LogP contribution in [0.3, 0.4) is 0 Å². The van der Waals surface area contributed by atoms with Crippen molar-refractivity contribution in [2.24, 2.45) is 0 Å². The lowest BCUT2D eigenvalue weighted by molar-refractivity contribution is 0.447. The Labute approximate surface area is 136 Å². The fraction of sp³-hybridized carbons (Fsp3) is 0. The highest BCUT2D eigenvalue weighted by molar-refractivity contribution is 5.71. The van der Waals surface area contributed by atoms with E-state index in [4.69, 9.17) is 6.58 Å². The summed E-state index contributed by atoms with van der Waals surface area (Å²) in [7, 11) is 0. The summed E-state index contributed by atoms with van der Waals surface area (Å²) >= 11 is 0. The Bertz CT molecular complexity index is 888. The Morgan fingerprint density at radius 2 is 1.17 bits per heavy atom. The zero-order chi connectivity index (χ0) is 17.3. The van der Waals surface area contributed by atoms with E-state index in [1.807, 2.05) is 0 Å². The minimum Gasteiger partial charge on any atom is -0.206 e. The van der Waals surface area contributed by atoms with Gasteiger partial charge in [0, 0.05) is 5.56 Å². The molecule has 0 aliphatic heterocycles. The number of benzene rings is 3. The first-order chi connectivity index (χ1) is 11.5. The van der Waals surface area contributed by atoms with E-state index in [1.165, 1.54) is 18.2 Å². The predicted octanol–water partition coefficient (Wildman–Crippen LogP) is 6.02. The number of halogens is 4. The number of hydrogen-bond acceptors (Lipinski definition) is 0. The van der Waals surface area contributed by atoms with Gasteiger partial charge in [0.15, 0.2) is 17.5 Å². The maximum atomic E-state index is 14.4. The van der Waals surface area contributed by atoms with Crippen LogP contribution in [0.4, 0.5) is 17.6 Å². The Hall–Kier alpha value is -2.88. The van der Waals surface area contributed by atoms with Gasteiger partial charge in [0.05, 0.1) is 0 Å². The van der Waals surface area contributed by atoms with Gasteiger partial charge < -0.3 is 0 Å². The van der Waals surface area contributed by atoms with Crippen LogP contribution in [0.5, 0.6) is 0 Å². The van der Waals surface area contributed by atoms with Crippen molar-refractivity contribution in [1.82, 2.24) is 0 Å². The molecule has 0 aliphatic carbocycles. The maximum absolute atomic E-state index is 14.4. The van der Waals surface area contributed by atoms with Crippen molar-refractivity contribution < 1.29 is 17.6 Å². The molecule has 0 atom stereocenters. The van der Waals surface area contributed by atoms with Crippen LogP contribution in [0.1, 0.15) is 5.56 Å². The number of rotatable bonds is 3. The third kappa shape index (κ3) is 2.95. The quantitative estimate of drug-likeness (QED) is 0.407. The highest BCUT2D eigenvalue weighted by Crippen LogP contribution is 2.30. The van der Waals surface area contributed by atoms with Gasteiger partial charge in [0.1, 0.15) is 5.82 Å². The molecule has 0 heterocycles. The van der Waals surface area contributed by atoms with Gasteiger partial charge in [-0.15, -0.1) is 0 Å². The van der Waals surface area contributed by atoms with Gasteiger partial charge in [0.25, 0.3) is 0 Å². The fourth-order valence-corrected chi connectivity index (χ4v) is 2.43. The van der Waals surface area contributed by atoms with Gasteiger partial charge in [-0.25, -0.2) is 17.6 Å². The van der Waals surface area contributed by atoms with Gasteiger partial charge in [0.2, 0.25) is 0 Å². The van der Waals surface area contributed by atoms with E-state index in [1.54, 1.807) is 30.3 Å². The second kappa shape index (κ2) is 6.32. The largest absolute Gasteiger partial charge is 0.206 e. The summed E-state index contributed by atoms with van der Waals surface area (Å²) in [6.45, 7) is 5.41. The molecular formula is C20H11F4. The molecule has 0 saturated carbocycles. The first-order valence-corrected chi connectivity index (χ1v) is 7.09. The first-order valence-electron chi connectivity index (χ1n) is 7.09. The molecule has 0 unspecified atom stereocenters. The third-order valence-electron chi connectivity index (χ3n) is 3.70. The molecule has 0 aliphatic rings. The Kier molecular flexibility index (Phi) is 4.21. The molecule has 1 radical (unpaired) electrons. The van der Waals surface area contributed by atoms with Crippen LogP contribution in [0.15, 0.2) is 54.6 Å². The van der Waals surface area contributed by atoms with Crippen LogP contribution in [0.2, 0.25) is 0 Å². The molecule has 0 aromatic heterocycles. The highest BCUT2D eigenvalue weighted by atomic mass is 19.2. The molecule has 4 heteroatoms. The third-order valence-corrected chi connectivity index (χ3v) is 3.70. The van der Waals surface area contributed by atoms with Crippen LogP contribution in [0.25, 0.3) is 28.3 Å². The Morgan fingerprint density at radius 1 is 0.625 bits per heavy atom. The monoisotopic (exact) mass is 327 g/mol. The van der Waals surface area contributed by atoms with Crippen molar-refractivity contribution in [3.63, 3.8) is 0 Å². The molecule has 0 N–H and O–H groups in total. The van der Waals surface area contributed by atoms with Crippen molar-refractivity contribution in [2.75, 3.05) is 0 Å². The van der Waals surface area contributed by atoms with Gasteiger partial charge in [-0.05, 0) is 40.5 Å². The van der Waals surface area contributed by atoms with E-state index in [-0.39, 0.29) is 11.1 Å². The molecule has 0 amide bonds. The first kappa shape index (κ1) is 16.0. The van der Waals surface area contributed by atoms with E-state index in [0.29, 0.717) is 5.56 Å². The van der Waals surface area contributed by atoms with E-state index >= 15 is 0 Å². The summed E-state index contributed by atoms with van der Waals surface area (Å²) in [5.41, 5.74) is 2.12. The predicted molar refractivity (Wildman–Crippen MR) is 85.9 cm³/mol. The van der Waals surface area contributed by atoms with Gasteiger partial charge in [-0.3, -0.25) is 0 Å². The lowest BCUT2D eigenvalue weighted by Crippen LogP contribution is -1.94. The second-order valence-corrected chi connectivity index (χ2v) is 5.24. The molecule has 3 aromatic carbocycles. The van der Waals surface area contributed by atoms with Crippen LogP contribution in [0, 0.1) is 29.8 Å². The van der Waals surface area contributed by atoms with E-state index < -0.39 is 23.3 Å². The average molecular weight is 327 g/mol. The zero-order valence-corrected chi connectivity index (χ0v) is 12.4. The van der Waals surface area contributed by atoms with E-state index in [0.717, 1.165) is 23.3 Å². The van der Waals surface area contributed by atoms with Gasteiger partial charge in [-0.1, -0.05) is 49.1 Å². The van der Waals surface area contributed by atoms with Crippen molar-refractivity contribution in [3.05, 3.63) is 90.0 Å². The standard InChI is InChI=1S/C20H11F4/c1-2-12-3-5-13(6-4-12)14-7-8-16(17(21)9-14)15-10-18(22)20(24)19(23)11-15/h1-11H. The fourth-order valence-electron chi connectivity index (χ4n) is 2.43. The molecule has 3 aromatic rings. The molecule has 24 heavy (non-hydrogen) atoms. The normalized spacial score (nSPS) is 10.7. The summed E-state index contributed by atoms with van der Waals surface area (Å²) in [5, 5.41) is 0. The topological polar surface area (TPSA) is 0 Å². The molecular weight excluding hydrogens is 316 g/mol. The molecule has 3 rings (SSSR count). The van der Waals surface area contributed by atoms with Crippen molar-refractivity contribution >= 4 is 6.08 Å². The smallest absolute Gasteiger partial charge is 0.194 e. The van der Waals surface area contributed by atoms with Gasteiger partial charge in [-0.2, -0.15) is 0 Å². The zero-order valence-electron chi connectivity index (χ0n) is 12.4. The molecule has 0 bridgehead atoms. The lowest BCUT2D eigenvalue weighted by Gasteiger charge is -2.08. The lowest BCUT2D eigenvalue weighted by atomic mass is 9.98. The summed E-state index contributed by atoms with van der Waals surface area (Å²) in [6, 6.07) is 12.9. The highest BCUT2D eigenvalue weighted by Gasteiger charge is 2.14. The molecule has 0 nitrogen and oxygen atoms in total. The van der Waals surface area contributed by atoms with Crippen LogP contribution in [-0.4, -0.2) is 0 Å². The summed E-state index contributed by atoms with van der Waals surface area (Å²) < 4.78 is 54.0. The van der Waals surface area contributed by atoms with Crippen molar-refractivity contribution in [3.8, 4) is 22.3 Å². The maximum Gasteiger partial charge on any atom is 0.194 e. The molecule has 0 spiro atoms. The Balaban J connectivity index is 2.02. The van der Waals surface area contributed by atoms with Crippen molar-refractivity contribution in [2.45, 2.75) is 0 Å². The van der Waals surface area contributed by atoms with Crippen LogP contribution in [-0.2, 0) is 0 Å². The van der Waals surface area contributed by atoms with E-state index in [2.05, 4.69) is 0 Å². The molecule has 119 valence electrons. The van der Waals surface area contributed by atoms with Gasteiger partial charge >= 0.3 is 0 Å². The number of hydrogen-bond donors (Lipinski definition) is 0.